The van der Waals surface area contributed by atoms with E-state index in [-0.39, 0.29) is 21.6 Å². The Morgan fingerprint density at radius 2 is 1.72 bits per heavy atom. The molecule has 1 aliphatic heterocycles. The molecule has 0 saturated carbocycles. The van der Waals surface area contributed by atoms with Gasteiger partial charge in [-0.05, 0) is 35.2 Å². The zero-order chi connectivity index (χ0) is 32.7. The summed E-state index contributed by atoms with van der Waals surface area (Å²) < 4.78 is 70.9. The molecule has 6 atom stereocenters. The summed E-state index contributed by atoms with van der Waals surface area (Å²) in [5.41, 5.74) is 12.1. The second kappa shape index (κ2) is 15.3. The first-order valence-electron chi connectivity index (χ1n) is 11.7. The molecule has 1 unspecified atom stereocenters. The number of nitrogens with zero attached hydrogens (tertiary/aromatic N) is 4. The molecule has 1 saturated heterocycles. The number of aliphatic hydroxyl groups is 2. The number of fused-ring (bicyclic) bond motifs is 1. The lowest BCUT2D eigenvalue weighted by Gasteiger charge is -2.16. The lowest BCUT2D eigenvalue weighted by atomic mass is 10.1. The summed E-state index contributed by atoms with van der Waals surface area (Å²) in [4.78, 5) is 22.8. The number of aliphatic carboxylic acids is 1. The fourth-order valence-corrected chi connectivity index (χ4v) is 5.84. The van der Waals surface area contributed by atoms with Gasteiger partial charge >= 0.3 is 5.97 Å². The highest BCUT2D eigenvalue weighted by molar-refractivity contribution is 7.96. The first kappa shape index (κ1) is 36.5. The van der Waals surface area contributed by atoms with Crippen LogP contribution in [0, 0.1) is 0 Å². The van der Waals surface area contributed by atoms with Gasteiger partial charge in [-0.1, -0.05) is 11.6 Å². The number of benzene rings is 1. The van der Waals surface area contributed by atoms with Crippen LogP contribution in [0.3, 0.4) is 0 Å². The molecule has 2 aromatic heterocycles. The van der Waals surface area contributed by atoms with E-state index in [4.69, 9.17) is 55.0 Å². The van der Waals surface area contributed by atoms with Crippen molar-refractivity contribution in [3.05, 3.63) is 41.9 Å². The van der Waals surface area contributed by atoms with Crippen LogP contribution in [-0.2, 0) is 40.9 Å². The Kier molecular flexibility index (Phi) is 13.0. The Morgan fingerprint density at radius 1 is 1.14 bits per heavy atom. The number of carbonyl (C=O) groups is 1. The summed E-state index contributed by atoms with van der Waals surface area (Å²) in [5.74, 6) is 0.254. The van der Waals surface area contributed by atoms with Gasteiger partial charge in [0.05, 0.1) is 17.5 Å². The number of nitrogens with two attached hydrogens (primary N) is 2. The number of nitrogen functional groups attached to an aromatic ring is 1. The van der Waals surface area contributed by atoms with Crippen molar-refractivity contribution in [1.29, 1.82) is 0 Å². The SMILES string of the molecule is C[S+](CC[C@H](N)C(=O)O)C[C@H]1O[C@@H](n2cnc3c(N)ncnc32)[C@H](O)[C@@H]1O.O=S(=O)(O)c1ccc(Cl)cc1.O=S(=O)([O-])[O-]. The molecule has 4 rings (SSSR count). The third-order valence-corrected chi connectivity index (χ3v) is 8.60. The summed E-state index contributed by atoms with van der Waals surface area (Å²) in [6, 6.07) is 4.35. The van der Waals surface area contributed by atoms with Gasteiger partial charge in [-0.25, -0.2) is 15.0 Å². The predicted molar refractivity (Wildman–Crippen MR) is 151 cm³/mol. The summed E-state index contributed by atoms with van der Waals surface area (Å²) in [7, 11) is -9.48. The number of aliphatic hydroxyl groups excluding tert-OH is 2. The normalized spacial score (nSPS) is 21.7. The van der Waals surface area contributed by atoms with Crippen LogP contribution in [0.25, 0.3) is 11.2 Å². The lowest BCUT2D eigenvalue weighted by molar-refractivity contribution is -0.138. The highest BCUT2D eigenvalue weighted by Crippen LogP contribution is 2.32. The number of anilines is 1. The van der Waals surface area contributed by atoms with E-state index in [0.29, 0.717) is 34.1 Å². The third-order valence-electron chi connectivity index (χ3n) is 5.65. The quantitative estimate of drug-likeness (QED) is 0.0875. The highest BCUT2D eigenvalue weighted by atomic mass is 35.5. The smallest absolute Gasteiger partial charge is 0.320 e. The van der Waals surface area contributed by atoms with E-state index < -0.39 is 57.1 Å². The standard InChI is InChI=1S/C15H22N6O5S.C6H5ClO3S.H2O4S/c1-27(3-2-7(16)15(24)25)4-8-10(22)11(23)14(26-8)21-6-20-9-12(17)18-5-19-13(9)21;7-5-1-3-6(4-2-5)11(8,9)10;1-5(2,3)4/h5-8,10-11,14,22-23H,2-4,16H2,1H3,(H2-,17,18,19,24,25);1-4H,(H,8,9,10);(H2,1,2,3,4)/p-1/t7-,8+,10+,11+,14+,27?;;/m0../s1. The van der Waals surface area contributed by atoms with Crippen molar-refractivity contribution in [2.24, 2.45) is 5.73 Å². The first-order valence-corrected chi connectivity index (χ1v) is 16.8. The number of rotatable bonds is 8. The Labute approximate surface area is 253 Å². The number of ether oxygens (including phenoxy) is 1. The molecule has 1 aromatic carbocycles. The van der Waals surface area contributed by atoms with Crippen molar-refractivity contribution in [2.75, 3.05) is 23.5 Å². The Morgan fingerprint density at radius 3 is 2.26 bits per heavy atom. The molecule has 0 bridgehead atoms. The molecule has 18 nitrogen and oxygen atoms in total. The highest BCUT2D eigenvalue weighted by Gasteiger charge is 2.46. The zero-order valence-electron chi connectivity index (χ0n) is 22.1. The van der Waals surface area contributed by atoms with Crippen molar-refractivity contribution in [3.8, 4) is 0 Å². The molecule has 22 heteroatoms. The minimum Gasteiger partial charge on any atom is -0.759 e. The lowest BCUT2D eigenvalue weighted by Crippen LogP contribution is -2.37. The summed E-state index contributed by atoms with van der Waals surface area (Å²) >= 11 is 5.49. The second-order valence-corrected chi connectivity index (χ2v) is 13.8. The number of imidazole rings is 1. The maximum absolute atomic E-state index is 10.8. The van der Waals surface area contributed by atoms with E-state index >= 15 is 0 Å². The monoisotopic (exact) mass is 687 g/mol. The van der Waals surface area contributed by atoms with Crippen molar-refractivity contribution < 1.29 is 55.3 Å². The molecule has 43 heavy (non-hydrogen) atoms. The van der Waals surface area contributed by atoms with Crippen LogP contribution >= 0.6 is 11.6 Å². The molecule has 0 radical (unpaired) electrons. The zero-order valence-corrected chi connectivity index (χ0v) is 25.3. The number of carboxylic acid groups (broad SMARTS) is 1. The molecule has 1 aliphatic rings. The van der Waals surface area contributed by atoms with Gasteiger partial charge < -0.3 is 40.6 Å². The largest absolute Gasteiger partial charge is 0.759 e. The predicted octanol–water partition coefficient (Wildman–Crippen LogP) is -1.67. The molecule has 8 N–H and O–H groups in total. The molecule has 0 spiro atoms. The summed E-state index contributed by atoms with van der Waals surface area (Å²) in [6.07, 6.45) is 1.31. The fourth-order valence-electron chi connectivity index (χ4n) is 3.57. The van der Waals surface area contributed by atoms with Crippen LogP contribution in [-0.4, -0.2) is 113 Å². The molecule has 3 aromatic rings. The van der Waals surface area contributed by atoms with Crippen molar-refractivity contribution in [1.82, 2.24) is 19.5 Å². The Bertz CT molecular complexity index is 1580. The molecule has 3 heterocycles. The first-order chi connectivity index (χ1) is 19.8. The van der Waals surface area contributed by atoms with Gasteiger partial charge in [0.25, 0.3) is 10.1 Å². The average Bonchev–Trinajstić information content (AvgIpc) is 3.43. The minimum atomic E-state index is -5.17. The summed E-state index contributed by atoms with van der Waals surface area (Å²) in [6.45, 7) is 0. The average molecular weight is 688 g/mol. The maximum atomic E-state index is 10.8. The van der Waals surface area contributed by atoms with Crippen LogP contribution in [0.15, 0.2) is 41.8 Å². The number of carboxylic acids is 1. The fraction of sp³-hybridized carbons (Fsp3) is 0.429. The van der Waals surface area contributed by atoms with Gasteiger partial charge in [-0.15, -0.1) is 0 Å². The van der Waals surface area contributed by atoms with E-state index in [2.05, 4.69) is 15.0 Å². The maximum Gasteiger partial charge on any atom is 0.320 e. The number of hydrogen-bond donors (Lipinski definition) is 6. The molecular weight excluding hydrogens is 660 g/mol. The second-order valence-electron chi connectivity index (χ2n) is 8.85. The van der Waals surface area contributed by atoms with Crippen LogP contribution in [0.5, 0.6) is 0 Å². The van der Waals surface area contributed by atoms with Crippen molar-refractivity contribution in [2.45, 2.75) is 41.9 Å². The molecule has 0 aliphatic carbocycles. The van der Waals surface area contributed by atoms with E-state index in [9.17, 15) is 23.4 Å². The van der Waals surface area contributed by atoms with E-state index in [1.54, 1.807) is 0 Å². The topological polar surface area (TPSA) is 317 Å². The van der Waals surface area contributed by atoms with Crippen LogP contribution in [0.1, 0.15) is 12.6 Å². The van der Waals surface area contributed by atoms with E-state index in [0.717, 1.165) is 0 Å². The molecule has 240 valence electrons. The Hall–Kier alpha value is -2.70. The number of halogens is 1. The van der Waals surface area contributed by atoms with Crippen LogP contribution in [0.2, 0.25) is 5.02 Å². The molecular formula is C21H28ClN6O12S3-. The van der Waals surface area contributed by atoms with E-state index in [1.807, 2.05) is 6.26 Å². The Balaban J connectivity index is 0.000000332. The minimum absolute atomic E-state index is 0.151. The summed E-state index contributed by atoms with van der Waals surface area (Å²) in [5, 5.41) is 30.1. The molecule has 0 amide bonds. The van der Waals surface area contributed by atoms with Gasteiger partial charge in [-0.2, -0.15) is 8.42 Å². The van der Waals surface area contributed by atoms with Crippen molar-refractivity contribution in [3.63, 3.8) is 0 Å². The van der Waals surface area contributed by atoms with Gasteiger partial charge in [0.1, 0.15) is 47.7 Å². The van der Waals surface area contributed by atoms with Gasteiger partial charge in [0.15, 0.2) is 17.7 Å². The number of aromatic nitrogens is 4. The van der Waals surface area contributed by atoms with Gasteiger partial charge in [-0.3, -0.25) is 22.3 Å². The van der Waals surface area contributed by atoms with Gasteiger partial charge in [0.2, 0.25) is 0 Å². The number of hydrogen-bond acceptors (Lipinski definition) is 15. The van der Waals surface area contributed by atoms with Crippen molar-refractivity contribution >= 4 is 66.0 Å². The molecule has 1 fully saturated rings. The van der Waals surface area contributed by atoms with E-state index in [1.165, 1.54) is 41.5 Å². The van der Waals surface area contributed by atoms with Crippen LogP contribution < -0.4 is 11.5 Å². The third kappa shape index (κ3) is 11.4. The van der Waals surface area contributed by atoms with Crippen LogP contribution in [0.4, 0.5) is 5.82 Å². The van der Waals surface area contributed by atoms with Gasteiger partial charge in [0, 0.05) is 21.8 Å².